The van der Waals surface area contributed by atoms with E-state index < -0.39 is 0 Å². The van der Waals surface area contributed by atoms with E-state index in [2.05, 4.69) is 6.58 Å². The summed E-state index contributed by atoms with van der Waals surface area (Å²) >= 11 is 6.49. The molecule has 144 valence electrons. The molecule has 0 aromatic carbocycles. The van der Waals surface area contributed by atoms with Crippen LogP contribution >= 0.6 is 24.0 Å². The summed E-state index contributed by atoms with van der Waals surface area (Å²) in [5.74, 6) is 0.342. The van der Waals surface area contributed by atoms with Crippen LogP contribution in [0.5, 0.6) is 0 Å². The number of nitrogens with zero attached hydrogens (tertiary/aromatic N) is 4. The lowest BCUT2D eigenvalue weighted by Crippen LogP contribution is -2.38. The number of amides is 1. The van der Waals surface area contributed by atoms with Gasteiger partial charge in [-0.2, -0.15) is 0 Å². The normalized spacial score (nSPS) is 19.1. The highest BCUT2D eigenvalue weighted by atomic mass is 32.2. The molecule has 4 heterocycles. The number of anilines is 1. The van der Waals surface area contributed by atoms with Crippen molar-refractivity contribution in [2.75, 3.05) is 37.7 Å². The summed E-state index contributed by atoms with van der Waals surface area (Å²) in [7, 11) is 0. The van der Waals surface area contributed by atoms with Gasteiger partial charge in [0.05, 0.1) is 23.7 Å². The largest absolute Gasteiger partial charge is 0.378 e. The monoisotopic (exact) mass is 414 g/mol. The molecule has 4 rings (SSSR count). The van der Waals surface area contributed by atoms with E-state index in [9.17, 15) is 9.59 Å². The minimum Gasteiger partial charge on any atom is -0.378 e. The number of aromatic nitrogens is 2. The van der Waals surface area contributed by atoms with Crippen molar-refractivity contribution in [3.05, 3.63) is 57.9 Å². The van der Waals surface area contributed by atoms with Gasteiger partial charge in [-0.1, -0.05) is 36.1 Å². The van der Waals surface area contributed by atoms with Crippen LogP contribution in [-0.4, -0.2) is 57.4 Å². The summed E-state index contributed by atoms with van der Waals surface area (Å²) < 4.78 is 7.37. The number of thioether (sulfide) groups is 1. The first-order valence-electron chi connectivity index (χ1n) is 8.80. The molecule has 2 aliphatic heterocycles. The summed E-state index contributed by atoms with van der Waals surface area (Å²) in [5.41, 5.74) is 0.719. The Morgan fingerprint density at radius 2 is 2.07 bits per heavy atom. The molecule has 28 heavy (non-hydrogen) atoms. The van der Waals surface area contributed by atoms with Gasteiger partial charge in [0.2, 0.25) is 0 Å². The van der Waals surface area contributed by atoms with E-state index in [1.54, 1.807) is 30.5 Å². The molecule has 2 aliphatic rings. The third-order valence-electron chi connectivity index (χ3n) is 4.52. The van der Waals surface area contributed by atoms with Crippen LogP contribution in [-0.2, 0) is 9.53 Å². The predicted octanol–water partition coefficient (Wildman–Crippen LogP) is 1.92. The standard InChI is InChI=1S/C19H18N4O3S2/c1-2-6-23-18(25)14(28-19(23)27)12-13-16(21-8-10-26-11-9-21)20-15-5-3-4-7-22(15)17(13)24/h2-5,7,12H,1,6,8-11H2/b14-12-. The number of pyridine rings is 1. The fourth-order valence-electron chi connectivity index (χ4n) is 3.15. The summed E-state index contributed by atoms with van der Waals surface area (Å²) in [4.78, 5) is 34.5. The molecule has 9 heteroatoms. The smallest absolute Gasteiger partial charge is 0.267 e. The van der Waals surface area contributed by atoms with Crippen molar-refractivity contribution in [1.82, 2.24) is 14.3 Å². The molecule has 1 amide bonds. The van der Waals surface area contributed by atoms with Crippen molar-refractivity contribution in [2.24, 2.45) is 0 Å². The van der Waals surface area contributed by atoms with Gasteiger partial charge in [-0.05, 0) is 18.2 Å². The Morgan fingerprint density at radius 3 is 2.82 bits per heavy atom. The van der Waals surface area contributed by atoms with Crippen LogP contribution in [0.4, 0.5) is 5.82 Å². The molecule has 0 saturated carbocycles. The number of hydrogen-bond acceptors (Lipinski definition) is 7. The highest BCUT2D eigenvalue weighted by molar-refractivity contribution is 8.26. The van der Waals surface area contributed by atoms with Crippen LogP contribution in [0, 0.1) is 0 Å². The Bertz CT molecular complexity index is 1060. The summed E-state index contributed by atoms with van der Waals surface area (Å²) in [5, 5.41) is 0. The van der Waals surface area contributed by atoms with Gasteiger partial charge in [-0.25, -0.2) is 4.98 Å². The van der Waals surface area contributed by atoms with Crippen molar-refractivity contribution in [1.29, 1.82) is 0 Å². The van der Waals surface area contributed by atoms with Gasteiger partial charge in [0.1, 0.15) is 15.8 Å². The first-order chi connectivity index (χ1) is 13.6. The lowest BCUT2D eigenvalue weighted by Gasteiger charge is -2.29. The molecule has 0 N–H and O–H groups in total. The molecule has 0 spiro atoms. The van der Waals surface area contributed by atoms with Gasteiger partial charge >= 0.3 is 0 Å². The summed E-state index contributed by atoms with van der Waals surface area (Å²) in [6.07, 6.45) is 4.91. The van der Waals surface area contributed by atoms with E-state index in [4.69, 9.17) is 21.9 Å². The summed E-state index contributed by atoms with van der Waals surface area (Å²) in [6, 6.07) is 5.40. The Morgan fingerprint density at radius 1 is 1.29 bits per heavy atom. The second-order valence-electron chi connectivity index (χ2n) is 6.26. The van der Waals surface area contributed by atoms with Crippen molar-refractivity contribution in [3.63, 3.8) is 0 Å². The Hall–Kier alpha value is -2.49. The number of hydrogen-bond donors (Lipinski definition) is 0. The van der Waals surface area contributed by atoms with Gasteiger partial charge in [0, 0.05) is 25.8 Å². The van der Waals surface area contributed by atoms with Gasteiger partial charge in [-0.15, -0.1) is 6.58 Å². The highest BCUT2D eigenvalue weighted by Crippen LogP contribution is 2.33. The van der Waals surface area contributed by atoms with Crippen molar-refractivity contribution < 1.29 is 9.53 Å². The minimum absolute atomic E-state index is 0.221. The maximum absolute atomic E-state index is 13.2. The van der Waals surface area contributed by atoms with Gasteiger partial charge < -0.3 is 9.64 Å². The van der Waals surface area contributed by atoms with Crippen LogP contribution in [0.2, 0.25) is 0 Å². The first-order valence-corrected chi connectivity index (χ1v) is 10.0. The van der Waals surface area contributed by atoms with Gasteiger partial charge in [0.15, 0.2) is 0 Å². The SMILES string of the molecule is C=CCN1C(=O)/C(=C/c2c(N3CCOCC3)nc3ccccn3c2=O)SC1=S. The average molecular weight is 415 g/mol. The number of rotatable bonds is 4. The molecule has 2 aromatic heterocycles. The molecule has 7 nitrogen and oxygen atoms in total. The van der Waals surface area contributed by atoms with Crippen molar-refractivity contribution in [2.45, 2.75) is 0 Å². The van der Waals surface area contributed by atoms with E-state index in [0.29, 0.717) is 59.1 Å². The minimum atomic E-state index is -0.222. The van der Waals surface area contributed by atoms with E-state index in [0.717, 1.165) is 0 Å². The predicted molar refractivity (Wildman–Crippen MR) is 115 cm³/mol. The number of morpholine rings is 1. The van der Waals surface area contributed by atoms with Gasteiger partial charge in [-0.3, -0.25) is 18.9 Å². The molecular formula is C19H18N4O3S2. The second kappa shape index (κ2) is 7.86. The van der Waals surface area contributed by atoms with E-state index >= 15 is 0 Å². The van der Waals surface area contributed by atoms with Crippen LogP contribution in [0.15, 0.2) is 46.8 Å². The molecule has 2 fully saturated rings. The molecule has 2 saturated heterocycles. The Balaban J connectivity index is 1.86. The molecule has 0 atom stereocenters. The quantitative estimate of drug-likeness (QED) is 0.430. The fraction of sp³-hybridized carbons (Fsp3) is 0.263. The lowest BCUT2D eigenvalue weighted by molar-refractivity contribution is -0.121. The van der Waals surface area contributed by atoms with Gasteiger partial charge in [0.25, 0.3) is 11.5 Å². The maximum atomic E-state index is 13.2. The fourth-order valence-corrected chi connectivity index (χ4v) is 4.41. The molecular weight excluding hydrogens is 396 g/mol. The number of carbonyl (C=O) groups excluding carboxylic acids is 1. The Labute approximate surface area is 171 Å². The van der Waals surface area contributed by atoms with Crippen LogP contribution < -0.4 is 10.5 Å². The summed E-state index contributed by atoms with van der Waals surface area (Å²) in [6.45, 7) is 6.40. The molecule has 0 radical (unpaired) electrons. The number of fused-ring (bicyclic) bond motifs is 1. The number of carbonyl (C=O) groups is 1. The molecule has 0 bridgehead atoms. The number of thiocarbonyl (C=S) groups is 1. The van der Waals surface area contributed by atoms with E-state index in [1.807, 2.05) is 11.0 Å². The van der Waals surface area contributed by atoms with Crippen LogP contribution in [0.3, 0.4) is 0 Å². The van der Waals surface area contributed by atoms with Crippen LogP contribution in [0.1, 0.15) is 5.56 Å². The molecule has 0 aliphatic carbocycles. The Kier molecular flexibility index (Phi) is 5.29. The van der Waals surface area contributed by atoms with Crippen molar-refractivity contribution >= 4 is 51.7 Å². The average Bonchev–Trinajstić information content (AvgIpc) is 2.98. The zero-order valence-corrected chi connectivity index (χ0v) is 16.7. The third-order valence-corrected chi connectivity index (χ3v) is 5.90. The second-order valence-corrected chi connectivity index (χ2v) is 7.94. The number of ether oxygens (including phenoxy) is 1. The third kappa shape index (κ3) is 3.36. The van der Waals surface area contributed by atoms with E-state index in [-0.39, 0.29) is 11.5 Å². The lowest BCUT2D eigenvalue weighted by atomic mass is 10.2. The van der Waals surface area contributed by atoms with Crippen LogP contribution in [0.25, 0.3) is 11.7 Å². The topological polar surface area (TPSA) is 67.2 Å². The maximum Gasteiger partial charge on any atom is 0.267 e. The zero-order valence-electron chi connectivity index (χ0n) is 15.0. The molecule has 0 unspecified atom stereocenters. The highest BCUT2D eigenvalue weighted by Gasteiger charge is 2.32. The molecule has 2 aromatic rings. The van der Waals surface area contributed by atoms with Crippen molar-refractivity contribution in [3.8, 4) is 0 Å². The first kappa shape index (κ1) is 18.9. The van der Waals surface area contributed by atoms with E-state index in [1.165, 1.54) is 21.1 Å². The zero-order chi connectivity index (χ0) is 19.7.